The molecule has 0 saturated heterocycles. The predicted octanol–water partition coefficient (Wildman–Crippen LogP) is 15.5. The standard InChI is InChI=1S/C57H40N2/c1-57(2)52-23-13-12-21-48(52)49-33-32-43(35-53(49)57)59(41-15-4-3-5-16-41)42-30-26-38(27-31-42)37-24-28-40(29-25-37)58-36-51-47-20-9-8-18-45(47)46-19-10-11-22-50(46)55-44-17-7-6-14-39(44)34-54(58)56(51)55/h3-36H,1-2H3. The predicted molar refractivity (Wildman–Crippen MR) is 248 cm³/mol. The van der Waals surface area contributed by atoms with Gasteiger partial charge < -0.3 is 9.47 Å². The first-order valence-electron chi connectivity index (χ1n) is 20.6. The molecule has 12 rings (SSSR count). The second kappa shape index (κ2) is 12.8. The zero-order valence-electron chi connectivity index (χ0n) is 33.0. The van der Waals surface area contributed by atoms with Crippen molar-refractivity contribution in [3.8, 4) is 61.3 Å². The van der Waals surface area contributed by atoms with Gasteiger partial charge >= 0.3 is 0 Å². The molecule has 2 heteroatoms. The lowest BCUT2D eigenvalue weighted by Gasteiger charge is -2.28. The molecule has 0 atom stereocenters. The Hall–Kier alpha value is -7.42. The maximum atomic E-state index is 2.40. The molecular weight excluding hydrogens is 713 g/mol. The van der Waals surface area contributed by atoms with E-state index >= 15 is 0 Å². The van der Waals surface area contributed by atoms with Gasteiger partial charge in [0.05, 0.1) is 5.52 Å². The molecule has 0 spiro atoms. The molecule has 59 heavy (non-hydrogen) atoms. The van der Waals surface area contributed by atoms with Crippen molar-refractivity contribution in [1.29, 1.82) is 0 Å². The number of aromatic nitrogens is 1. The molecule has 2 aliphatic rings. The number of nitrogens with zero attached hydrogens (tertiary/aromatic N) is 2. The summed E-state index contributed by atoms with van der Waals surface area (Å²) in [5.74, 6) is 0. The van der Waals surface area contributed by atoms with Crippen molar-refractivity contribution in [1.82, 2.24) is 4.57 Å². The monoisotopic (exact) mass is 752 g/mol. The van der Waals surface area contributed by atoms with Crippen LogP contribution in [-0.4, -0.2) is 4.57 Å². The molecule has 2 nitrogen and oxygen atoms in total. The van der Waals surface area contributed by atoms with E-state index in [0.29, 0.717) is 0 Å². The van der Waals surface area contributed by atoms with Crippen molar-refractivity contribution >= 4 is 38.7 Å². The van der Waals surface area contributed by atoms with Crippen LogP contribution in [-0.2, 0) is 5.41 Å². The normalized spacial score (nSPS) is 13.1. The number of fused-ring (bicyclic) bond motifs is 10. The molecule has 1 aromatic heterocycles. The molecule has 9 aromatic carbocycles. The molecule has 2 aliphatic carbocycles. The van der Waals surface area contributed by atoms with E-state index in [0.717, 1.165) is 22.7 Å². The van der Waals surface area contributed by atoms with Crippen LogP contribution in [0.15, 0.2) is 206 Å². The van der Waals surface area contributed by atoms with Crippen LogP contribution in [0.25, 0.3) is 83.0 Å². The fourth-order valence-corrected chi connectivity index (χ4v) is 10.1. The molecule has 10 aromatic rings. The Labute approximate surface area is 344 Å². The average molecular weight is 753 g/mol. The number of benzene rings is 9. The average Bonchev–Trinajstić information content (AvgIpc) is 3.73. The number of rotatable bonds is 5. The first kappa shape index (κ1) is 33.7. The van der Waals surface area contributed by atoms with Crippen LogP contribution < -0.4 is 4.90 Å². The summed E-state index contributed by atoms with van der Waals surface area (Å²) in [6, 6.07) is 73.7. The number of hydrogen-bond donors (Lipinski definition) is 0. The van der Waals surface area contributed by atoms with E-state index in [-0.39, 0.29) is 5.41 Å². The molecule has 0 unspecified atom stereocenters. The van der Waals surface area contributed by atoms with Crippen molar-refractivity contribution in [2.75, 3.05) is 4.90 Å². The summed E-state index contributed by atoms with van der Waals surface area (Å²) in [4.78, 5) is 2.38. The molecule has 0 bridgehead atoms. The van der Waals surface area contributed by atoms with Gasteiger partial charge in [0, 0.05) is 50.9 Å². The Bertz CT molecular complexity index is 3280. The van der Waals surface area contributed by atoms with E-state index in [4.69, 9.17) is 0 Å². The minimum Gasteiger partial charge on any atom is -0.316 e. The van der Waals surface area contributed by atoms with Crippen molar-refractivity contribution in [3.63, 3.8) is 0 Å². The van der Waals surface area contributed by atoms with Gasteiger partial charge in [-0.25, -0.2) is 0 Å². The largest absolute Gasteiger partial charge is 0.316 e. The Morgan fingerprint density at radius 1 is 0.407 bits per heavy atom. The maximum Gasteiger partial charge on any atom is 0.0547 e. The highest BCUT2D eigenvalue weighted by Crippen LogP contribution is 2.52. The molecule has 0 amide bonds. The van der Waals surface area contributed by atoms with E-state index in [2.05, 4.69) is 230 Å². The number of hydrogen-bond acceptors (Lipinski definition) is 1. The van der Waals surface area contributed by atoms with E-state index in [1.807, 2.05) is 0 Å². The van der Waals surface area contributed by atoms with Crippen molar-refractivity contribution < 1.29 is 0 Å². The van der Waals surface area contributed by atoms with Crippen LogP contribution in [0.3, 0.4) is 0 Å². The fourth-order valence-electron chi connectivity index (χ4n) is 10.1. The van der Waals surface area contributed by atoms with Crippen LogP contribution in [0.5, 0.6) is 0 Å². The minimum atomic E-state index is -0.0731. The van der Waals surface area contributed by atoms with Crippen molar-refractivity contribution in [3.05, 3.63) is 218 Å². The lowest BCUT2D eigenvalue weighted by atomic mass is 9.82. The molecule has 278 valence electrons. The fraction of sp³-hybridized carbons (Fsp3) is 0.0526. The molecule has 0 N–H and O–H groups in total. The zero-order valence-corrected chi connectivity index (χ0v) is 33.0. The van der Waals surface area contributed by atoms with Gasteiger partial charge in [0.25, 0.3) is 0 Å². The topological polar surface area (TPSA) is 8.17 Å². The smallest absolute Gasteiger partial charge is 0.0547 e. The molecule has 0 aliphatic heterocycles. The lowest BCUT2D eigenvalue weighted by molar-refractivity contribution is 0.660. The summed E-state index contributed by atoms with van der Waals surface area (Å²) >= 11 is 0. The van der Waals surface area contributed by atoms with Crippen LogP contribution >= 0.6 is 0 Å². The Morgan fingerprint density at radius 3 is 1.69 bits per heavy atom. The van der Waals surface area contributed by atoms with Crippen molar-refractivity contribution in [2.45, 2.75) is 19.3 Å². The maximum absolute atomic E-state index is 2.40. The molecule has 0 saturated carbocycles. The van der Waals surface area contributed by atoms with Gasteiger partial charge in [-0.15, -0.1) is 0 Å². The van der Waals surface area contributed by atoms with E-state index in [9.17, 15) is 0 Å². The molecular formula is C57H40N2. The Morgan fingerprint density at radius 2 is 0.949 bits per heavy atom. The van der Waals surface area contributed by atoms with Gasteiger partial charge in [-0.05, 0) is 121 Å². The van der Waals surface area contributed by atoms with Crippen LogP contribution in [0.1, 0.15) is 25.0 Å². The number of para-hydroxylation sites is 1. The van der Waals surface area contributed by atoms with E-state index in [1.165, 1.54) is 88.4 Å². The SMILES string of the molecule is CC1(C)c2ccccc2-c2ccc(N(c3ccccc3)c3ccc(-c4ccc(-n5cc6c7c(c8ccccc8cc75)-c5ccccc5-c5ccccc5-6)cc4)cc3)cc21. The van der Waals surface area contributed by atoms with Gasteiger partial charge in [0.1, 0.15) is 0 Å². The summed E-state index contributed by atoms with van der Waals surface area (Å²) in [6.45, 7) is 4.70. The minimum absolute atomic E-state index is 0.0731. The first-order chi connectivity index (χ1) is 29.0. The lowest BCUT2D eigenvalue weighted by Crippen LogP contribution is -2.16. The third kappa shape index (κ3) is 5.06. The zero-order chi connectivity index (χ0) is 39.2. The molecule has 0 fully saturated rings. The van der Waals surface area contributed by atoms with Gasteiger partial charge in [-0.1, -0.05) is 159 Å². The Balaban J connectivity index is 0.934. The third-order valence-corrected chi connectivity index (χ3v) is 13.0. The van der Waals surface area contributed by atoms with Gasteiger partial charge in [0.15, 0.2) is 0 Å². The third-order valence-electron chi connectivity index (χ3n) is 13.0. The van der Waals surface area contributed by atoms with Gasteiger partial charge in [-0.3, -0.25) is 0 Å². The Kier molecular flexibility index (Phi) is 7.31. The van der Waals surface area contributed by atoms with Crippen LogP contribution in [0, 0.1) is 0 Å². The quantitative estimate of drug-likeness (QED) is 0.170. The second-order valence-corrected chi connectivity index (χ2v) is 16.5. The molecule has 0 radical (unpaired) electrons. The second-order valence-electron chi connectivity index (χ2n) is 16.5. The number of anilines is 3. The van der Waals surface area contributed by atoms with Gasteiger partial charge in [-0.2, -0.15) is 0 Å². The molecule has 1 heterocycles. The van der Waals surface area contributed by atoms with E-state index < -0.39 is 0 Å². The van der Waals surface area contributed by atoms with Crippen molar-refractivity contribution in [2.24, 2.45) is 0 Å². The summed E-state index contributed by atoms with van der Waals surface area (Å²) in [5, 5.41) is 3.84. The first-order valence-corrected chi connectivity index (χ1v) is 20.6. The highest BCUT2D eigenvalue weighted by molar-refractivity contribution is 6.21. The summed E-state index contributed by atoms with van der Waals surface area (Å²) in [5.41, 5.74) is 21.2. The van der Waals surface area contributed by atoms with Crippen LogP contribution in [0.2, 0.25) is 0 Å². The summed E-state index contributed by atoms with van der Waals surface area (Å²) in [6.07, 6.45) is 2.36. The van der Waals surface area contributed by atoms with Crippen LogP contribution in [0.4, 0.5) is 17.1 Å². The summed E-state index contributed by atoms with van der Waals surface area (Å²) in [7, 11) is 0. The van der Waals surface area contributed by atoms with Gasteiger partial charge in [0.2, 0.25) is 0 Å². The summed E-state index contributed by atoms with van der Waals surface area (Å²) < 4.78 is 2.40. The highest BCUT2D eigenvalue weighted by atomic mass is 15.1. The highest BCUT2D eigenvalue weighted by Gasteiger charge is 2.36. The van der Waals surface area contributed by atoms with E-state index in [1.54, 1.807) is 0 Å².